The van der Waals surface area contributed by atoms with Gasteiger partial charge in [-0.2, -0.15) is 0 Å². The first-order valence-corrected chi connectivity index (χ1v) is 6.69. The van der Waals surface area contributed by atoms with Crippen LogP contribution >= 0.6 is 0 Å². The zero-order valence-corrected chi connectivity index (χ0v) is 11.5. The molecular formula is C14H17N5O2. The van der Waals surface area contributed by atoms with Crippen LogP contribution in [0.15, 0.2) is 43.0 Å². The summed E-state index contributed by atoms with van der Waals surface area (Å²) in [6, 6.07) is 5.53. The van der Waals surface area contributed by atoms with Crippen molar-refractivity contribution in [3.63, 3.8) is 0 Å². The zero-order valence-electron chi connectivity index (χ0n) is 11.5. The molecule has 0 aromatic carbocycles. The van der Waals surface area contributed by atoms with Gasteiger partial charge in [0.05, 0.1) is 4.92 Å². The van der Waals surface area contributed by atoms with Crippen LogP contribution in [0.1, 0.15) is 12.0 Å². The van der Waals surface area contributed by atoms with Gasteiger partial charge in [-0.05, 0) is 30.7 Å². The molecule has 0 amide bonds. The molecule has 7 nitrogen and oxygen atoms in total. The summed E-state index contributed by atoms with van der Waals surface area (Å²) in [5.74, 6) is 0. The molecule has 0 unspecified atom stereocenters. The van der Waals surface area contributed by atoms with Gasteiger partial charge in [0.25, 0.3) is 0 Å². The molecule has 0 aliphatic rings. The highest BCUT2D eigenvalue weighted by atomic mass is 16.6. The van der Waals surface area contributed by atoms with Crippen molar-refractivity contribution in [2.45, 2.75) is 13.0 Å². The third kappa shape index (κ3) is 4.81. The van der Waals surface area contributed by atoms with Crippen LogP contribution in [0.25, 0.3) is 0 Å². The van der Waals surface area contributed by atoms with Crippen LogP contribution in [-0.4, -0.2) is 28.0 Å². The molecule has 0 saturated carbocycles. The summed E-state index contributed by atoms with van der Waals surface area (Å²) in [4.78, 5) is 18.2. The van der Waals surface area contributed by atoms with E-state index >= 15 is 0 Å². The highest BCUT2D eigenvalue weighted by Crippen LogP contribution is 2.21. The summed E-state index contributed by atoms with van der Waals surface area (Å²) in [5, 5.41) is 17.2. The van der Waals surface area contributed by atoms with Crippen molar-refractivity contribution >= 4 is 11.4 Å². The molecule has 2 rings (SSSR count). The molecule has 7 heteroatoms. The molecular weight excluding hydrogens is 270 g/mol. The highest BCUT2D eigenvalue weighted by molar-refractivity contribution is 5.59. The van der Waals surface area contributed by atoms with Gasteiger partial charge in [0.15, 0.2) is 0 Å². The van der Waals surface area contributed by atoms with Crippen molar-refractivity contribution in [2.75, 3.05) is 18.4 Å². The standard InChI is InChI=1S/C14H17N5O2/c20-19(21)14-11-17-8-4-13(14)18-7-2-6-16-10-12-3-1-5-15-9-12/h1,3-5,8-9,11,16H,2,6-7,10H2,(H,17,18). The minimum atomic E-state index is -0.435. The zero-order chi connectivity index (χ0) is 14.9. The summed E-state index contributed by atoms with van der Waals surface area (Å²) < 4.78 is 0. The van der Waals surface area contributed by atoms with Crippen molar-refractivity contribution in [3.05, 3.63) is 58.7 Å². The lowest BCUT2D eigenvalue weighted by atomic mass is 10.3. The molecule has 2 aromatic heterocycles. The average molecular weight is 287 g/mol. The molecule has 2 aromatic rings. The Bertz CT molecular complexity index is 577. The Morgan fingerprint density at radius 1 is 1.14 bits per heavy atom. The Hall–Kier alpha value is -2.54. The first-order chi connectivity index (χ1) is 10.3. The number of aromatic nitrogens is 2. The molecule has 0 aliphatic heterocycles. The van der Waals surface area contributed by atoms with E-state index < -0.39 is 4.92 Å². The average Bonchev–Trinajstić information content (AvgIpc) is 2.52. The maximum atomic E-state index is 10.8. The van der Waals surface area contributed by atoms with E-state index in [1.165, 1.54) is 12.4 Å². The second-order valence-electron chi connectivity index (χ2n) is 4.47. The molecule has 0 aliphatic carbocycles. The molecule has 0 fully saturated rings. The van der Waals surface area contributed by atoms with Gasteiger partial charge >= 0.3 is 5.69 Å². The van der Waals surface area contributed by atoms with Crippen LogP contribution in [0, 0.1) is 10.1 Å². The van der Waals surface area contributed by atoms with Crippen molar-refractivity contribution < 1.29 is 4.92 Å². The van der Waals surface area contributed by atoms with Crippen LogP contribution in [0.2, 0.25) is 0 Å². The Morgan fingerprint density at radius 3 is 2.76 bits per heavy atom. The number of hydrogen-bond donors (Lipinski definition) is 2. The number of pyridine rings is 2. The van der Waals surface area contributed by atoms with Gasteiger partial charge in [0.2, 0.25) is 0 Å². The summed E-state index contributed by atoms with van der Waals surface area (Å²) >= 11 is 0. The second kappa shape index (κ2) is 7.91. The minimum absolute atomic E-state index is 0.000758. The van der Waals surface area contributed by atoms with Gasteiger partial charge < -0.3 is 10.6 Å². The molecule has 0 radical (unpaired) electrons. The summed E-state index contributed by atoms with van der Waals surface area (Å²) in [6.45, 7) is 2.24. The van der Waals surface area contributed by atoms with E-state index in [-0.39, 0.29) is 5.69 Å². The van der Waals surface area contributed by atoms with Crippen LogP contribution in [0.4, 0.5) is 11.4 Å². The predicted octanol–water partition coefficient (Wildman–Crippen LogP) is 1.98. The van der Waals surface area contributed by atoms with E-state index in [0.29, 0.717) is 12.2 Å². The van der Waals surface area contributed by atoms with E-state index in [1.54, 1.807) is 12.3 Å². The van der Waals surface area contributed by atoms with Crippen LogP contribution in [0.3, 0.4) is 0 Å². The van der Waals surface area contributed by atoms with Crippen molar-refractivity contribution in [2.24, 2.45) is 0 Å². The SMILES string of the molecule is O=[N+]([O-])c1cnccc1NCCCNCc1cccnc1. The Balaban J connectivity index is 1.67. The Labute approximate surface area is 122 Å². The lowest BCUT2D eigenvalue weighted by molar-refractivity contribution is -0.384. The van der Waals surface area contributed by atoms with Crippen LogP contribution in [-0.2, 0) is 6.54 Å². The lowest BCUT2D eigenvalue weighted by Gasteiger charge is -2.07. The summed E-state index contributed by atoms with van der Waals surface area (Å²) in [6.07, 6.45) is 7.22. The summed E-state index contributed by atoms with van der Waals surface area (Å²) in [7, 11) is 0. The Kier molecular flexibility index (Phi) is 5.60. The van der Waals surface area contributed by atoms with Gasteiger partial charge in [-0.15, -0.1) is 0 Å². The fourth-order valence-corrected chi connectivity index (χ4v) is 1.85. The number of nitro groups is 1. The molecule has 0 spiro atoms. The third-order valence-electron chi connectivity index (χ3n) is 2.89. The molecule has 21 heavy (non-hydrogen) atoms. The van der Waals surface area contributed by atoms with E-state index in [2.05, 4.69) is 20.6 Å². The maximum absolute atomic E-state index is 10.8. The van der Waals surface area contributed by atoms with Gasteiger partial charge in [0.1, 0.15) is 11.9 Å². The second-order valence-corrected chi connectivity index (χ2v) is 4.47. The van der Waals surface area contributed by atoms with Crippen LogP contribution < -0.4 is 10.6 Å². The summed E-state index contributed by atoms with van der Waals surface area (Å²) in [5.41, 5.74) is 1.64. The molecule has 0 bridgehead atoms. The smallest absolute Gasteiger partial charge is 0.310 e. The molecule has 0 saturated heterocycles. The van der Waals surface area contributed by atoms with Crippen molar-refractivity contribution in [1.29, 1.82) is 0 Å². The largest absolute Gasteiger partial charge is 0.379 e. The number of rotatable bonds is 8. The third-order valence-corrected chi connectivity index (χ3v) is 2.89. The maximum Gasteiger partial charge on any atom is 0.310 e. The van der Waals surface area contributed by atoms with E-state index in [1.807, 2.05) is 18.3 Å². The lowest BCUT2D eigenvalue weighted by Crippen LogP contribution is -2.18. The van der Waals surface area contributed by atoms with Crippen molar-refractivity contribution in [1.82, 2.24) is 15.3 Å². The fraction of sp³-hybridized carbons (Fsp3) is 0.286. The molecule has 2 N–H and O–H groups in total. The minimum Gasteiger partial charge on any atom is -0.379 e. The van der Waals surface area contributed by atoms with Gasteiger partial charge in [-0.25, -0.2) is 0 Å². The molecule has 110 valence electrons. The topological polar surface area (TPSA) is 93.0 Å². The quantitative estimate of drug-likeness (QED) is 0.438. The van der Waals surface area contributed by atoms with Crippen LogP contribution in [0.5, 0.6) is 0 Å². The number of hydrogen-bond acceptors (Lipinski definition) is 6. The van der Waals surface area contributed by atoms with Gasteiger partial charge in [-0.3, -0.25) is 20.1 Å². The van der Waals surface area contributed by atoms with E-state index in [0.717, 1.165) is 25.1 Å². The fourth-order valence-electron chi connectivity index (χ4n) is 1.85. The first-order valence-electron chi connectivity index (χ1n) is 6.69. The van der Waals surface area contributed by atoms with Crippen molar-refractivity contribution in [3.8, 4) is 0 Å². The normalized spacial score (nSPS) is 10.3. The number of nitrogens with zero attached hydrogens (tertiary/aromatic N) is 3. The first kappa shape index (κ1) is 14.9. The number of nitrogens with one attached hydrogen (secondary N) is 2. The van der Waals surface area contributed by atoms with E-state index in [4.69, 9.17) is 0 Å². The molecule has 2 heterocycles. The van der Waals surface area contributed by atoms with Gasteiger partial charge in [0, 0.05) is 31.7 Å². The molecule has 0 atom stereocenters. The van der Waals surface area contributed by atoms with Gasteiger partial charge in [-0.1, -0.05) is 6.07 Å². The monoisotopic (exact) mass is 287 g/mol. The predicted molar refractivity (Wildman–Crippen MR) is 79.9 cm³/mol. The Morgan fingerprint density at radius 2 is 2.00 bits per heavy atom. The highest BCUT2D eigenvalue weighted by Gasteiger charge is 2.11. The number of anilines is 1. The van der Waals surface area contributed by atoms with E-state index in [9.17, 15) is 10.1 Å².